The van der Waals surface area contributed by atoms with Crippen LogP contribution in [0.4, 0.5) is 0 Å². The molecule has 1 atom stereocenters. The lowest BCUT2D eigenvalue weighted by Gasteiger charge is -2.15. The van der Waals surface area contributed by atoms with Crippen LogP contribution in [0.3, 0.4) is 0 Å². The van der Waals surface area contributed by atoms with E-state index in [9.17, 15) is 18.0 Å². The first-order valence-corrected chi connectivity index (χ1v) is 11.2. The first-order chi connectivity index (χ1) is 13.3. The van der Waals surface area contributed by atoms with E-state index < -0.39 is 34.4 Å². The van der Waals surface area contributed by atoms with Gasteiger partial charge in [0.25, 0.3) is 5.91 Å². The van der Waals surface area contributed by atoms with Crippen LogP contribution in [0.15, 0.2) is 12.1 Å². The van der Waals surface area contributed by atoms with Crippen molar-refractivity contribution in [1.29, 1.82) is 0 Å². The Balaban J connectivity index is 1.98. The van der Waals surface area contributed by atoms with Gasteiger partial charge in [0.15, 0.2) is 27.9 Å². The standard InChI is InChI=1S/C18H24ClNO7S/c1-3-6-26-17-14(19)8-12(9-15(17)25-4-2)18(22)27-10-16(21)20-13-5-7-28(23,24)11-13/h8-9,13H,3-7,10-11H2,1-2H3,(H,20,21)/t13-/m1/s1. The molecule has 1 aliphatic rings. The number of amides is 1. The van der Waals surface area contributed by atoms with Crippen LogP contribution in [0.25, 0.3) is 0 Å². The molecule has 1 amide bonds. The molecule has 1 aromatic carbocycles. The van der Waals surface area contributed by atoms with Crippen molar-refractivity contribution >= 4 is 33.3 Å². The van der Waals surface area contributed by atoms with Gasteiger partial charge in [0, 0.05) is 6.04 Å². The Labute approximate surface area is 169 Å². The number of halogens is 1. The summed E-state index contributed by atoms with van der Waals surface area (Å²) in [7, 11) is -3.10. The Hall–Kier alpha value is -2.00. The minimum Gasteiger partial charge on any atom is -0.490 e. The fraction of sp³-hybridized carbons (Fsp3) is 0.556. The van der Waals surface area contributed by atoms with E-state index in [2.05, 4.69) is 5.32 Å². The third-order valence-corrected chi connectivity index (χ3v) is 5.98. The lowest BCUT2D eigenvalue weighted by Crippen LogP contribution is -2.38. The fourth-order valence-corrected chi connectivity index (χ4v) is 4.62. The monoisotopic (exact) mass is 433 g/mol. The van der Waals surface area contributed by atoms with Crippen LogP contribution < -0.4 is 14.8 Å². The normalized spacial score (nSPS) is 17.8. The molecule has 10 heteroatoms. The second-order valence-electron chi connectivity index (χ2n) is 6.31. The molecule has 1 aromatic rings. The molecule has 1 fully saturated rings. The van der Waals surface area contributed by atoms with Crippen molar-refractivity contribution < 1.29 is 32.2 Å². The molecule has 0 saturated carbocycles. The Morgan fingerprint density at radius 2 is 2.00 bits per heavy atom. The van der Waals surface area contributed by atoms with Gasteiger partial charge in [-0.15, -0.1) is 0 Å². The van der Waals surface area contributed by atoms with Crippen LogP contribution in [-0.4, -0.2) is 57.7 Å². The molecular weight excluding hydrogens is 410 g/mol. The number of carbonyl (C=O) groups excluding carboxylic acids is 2. The quantitative estimate of drug-likeness (QED) is 0.593. The second-order valence-corrected chi connectivity index (χ2v) is 8.95. The number of nitrogens with one attached hydrogen (secondary N) is 1. The van der Waals surface area contributed by atoms with Crippen LogP contribution in [0.5, 0.6) is 11.5 Å². The largest absolute Gasteiger partial charge is 0.490 e. The molecule has 0 radical (unpaired) electrons. The highest BCUT2D eigenvalue weighted by Gasteiger charge is 2.29. The zero-order valence-corrected chi connectivity index (χ0v) is 17.4. The van der Waals surface area contributed by atoms with Gasteiger partial charge in [-0.3, -0.25) is 4.79 Å². The Kier molecular flexibility index (Phi) is 7.94. The van der Waals surface area contributed by atoms with Gasteiger partial charge in [0.2, 0.25) is 0 Å². The van der Waals surface area contributed by atoms with Gasteiger partial charge < -0.3 is 19.5 Å². The molecule has 1 heterocycles. The maximum atomic E-state index is 12.3. The average Bonchev–Trinajstić information content (AvgIpc) is 2.97. The Morgan fingerprint density at radius 1 is 1.25 bits per heavy atom. The second kappa shape index (κ2) is 9.97. The molecule has 28 heavy (non-hydrogen) atoms. The highest BCUT2D eigenvalue weighted by atomic mass is 35.5. The summed E-state index contributed by atoms with van der Waals surface area (Å²) < 4.78 is 38.9. The molecular formula is C18H24ClNO7S. The van der Waals surface area contributed by atoms with Crippen LogP contribution in [-0.2, 0) is 19.4 Å². The van der Waals surface area contributed by atoms with E-state index in [1.54, 1.807) is 6.92 Å². The minimum absolute atomic E-state index is 0.0445. The molecule has 0 unspecified atom stereocenters. The predicted molar refractivity (Wildman–Crippen MR) is 104 cm³/mol. The van der Waals surface area contributed by atoms with Crippen molar-refractivity contribution in [2.24, 2.45) is 0 Å². The Bertz CT molecular complexity index is 825. The third-order valence-electron chi connectivity index (χ3n) is 3.93. The number of rotatable bonds is 9. The molecule has 156 valence electrons. The van der Waals surface area contributed by atoms with Gasteiger partial charge in [-0.2, -0.15) is 0 Å². The summed E-state index contributed by atoms with van der Waals surface area (Å²) >= 11 is 6.20. The Morgan fingerprint density at radius 3 is 2.61 bits per heavy atom. The van der Waals surface area contributed by atoms with Gasteiger partial charge in [0.1, 0.15) is 0 Å². The zero-order chi connectivity index (χ0) is 20.7. The van der Waals surface area contributed by atoms with E-state index in [0.717, 1.165) is 6.42 Å². The first kappa shape index (κ1) is 22.3. The topological polar surface area (TPSA) is 108 Å². The lowest BCUT2D eigenvalue weighted by atomic mass is 10.2. The number of carbonyl (C=O) groups is 2. The van der Waals surface area contributed by atoms with E-state index in [-0.39, 0.29) is 22.1 Å². The van der Waals surface area contributed by atoms with Gasteiger partial charge >= 0.3 is 5.97 Å². The summed E-state index contributed by atoms with van der Waals surface area (Å²) in [5.74, 6) is -0.700. The van der Waals surface area contributed by atoms with Crippen molar-refractivity contribution in [3.8, 4) is 11.5 Å². The maximum Gasteiger partial charge on any atom is 0.338 e. The molecule has 0 bridgehead atoms. The van der Waals surface area contributed by atoms with Gasteiger partial charge in [0.05, 0.1) is 35.3 Å². The van der Waals surface area contributed by atoms with Crippen molar-refractivity contribution in [1.82, 2.24) is 5.32 Å². The molecule has 0 aromatic heterocycles. The summed E-state index contributed by atoms with van der Waals surface area (Å²) in [4.78, 5) is 24.2. The number of hydrogen-bond acceptors (Lipinski definition) is 7. The van der Waals surface area contributed by atoms with E-state index in [1.807, 2.05) is 6.92 Å². The summed E-state index contributed by atoms with van der Waals surface area (Å²) in [5, 5.41) is 2.75. The van der Waals surface area contributed by atoms with Gasteiger partial charge in [-0.05, 0) is 31.9 Å². The number of ether oxygens (including phenoxy) is 3. The van der Waals surface area contributed by atoms with E-state index >= 15 is 0 Å². The van der Waals surface area contributed by atoms with Crippen molar-refractivity contribution in [2.75, 3.05) is 31.3 Å². The van der Waals surface area contributed by atoms with Crippen molar-refractivity contribution in [2.45, 2.75) is 32.7 Å². The minimum atomic E-state index is -3.10. The SMILES string of the molecule is CCCOc1c(Cl)cc(C(=O)OCC(=O)N[C@@H]2CCS(=O)(=O)C2)cc1OCC. The summed E-state index contributed by atoms with van der Waals surface area (Å²) in [6, 6.07) is 2.38. The zero-order valence-electron chi connectivity index (χ0n) is 15.8. The van der Waals surface area contributed by atoms with Crippen LogP contribution in [0, 0.1) is 0 Å². The highest BCUT2D eigenvalue weighted by molar-refractivity contribution is 7.91. The van der Waals surface area contributed by atoms with Gasteiger partial charge in [-0.1, -0.05) is 18.5 Å². The molecule has 1 saturated heterocycles. The highest BCUT2D eigenvalue weighted by Crippen LogP contribution is 2.37. The maximum absolute atomic E-state index is 12.3. The molecule has 0 aliphatic carbocycles. The molecule has 1 N–H and O–H groups in total. The molecule has 2 rings (SSSR count). The van der Waals surface area contributed by atoms with Crippen LogP contribution in [0.2, 0.25) is 5.02 Å². The lowest BCUT2D eigenvalue weighted by molar-refractivity contribution is -0.124. The molecule has 1 aliphatic heterocycles. The number of esters is 1. The van der Waals surface area contributed by atoms with E-state index in [1.165, 1.54) is 12.1 Å². The average molecular weight is 434 g/mol. The summed E-state index contributed by atoms with van der Waals surface area (Å²) in [6.45, 7) is 4.01. The fourth-order valence-electron chi connectivity index (χ4n) is 2.69. The predicted octanol–water partition coefficient (Wildman–Crippen LogP) is 1.99. The van der Waals surface area contributed by atoms with Crippen LogP contribution >= 0.6 is 11.6 Å². The smallest absolute Gasteiger partial charge is 0.338 e. The van der Waals surface area contributed by atoms with Crippen molar-refractivity contribution in [3.63, 3.8) is 0 Å². The number of hydrogen-bond donors (Lipinski definition) is 1. The number of benzene rings is 1. The van der Waals surface area contributed by atoms with E-state index in [0.29, 0.717) is 31.1 Å². The van der Waals surface area contributed by atoms with E-state index in [4.69, 9.17) is 25.8 Å². The number of sulfone groups is 1. The summed E-state index contributed by atoms with van der Waals surface area (Å²) in [5.41, 5.74) is 0.119. The van der Waals surface area contributed by atoms with Crippen molar-refractivity contribution in [3.05, 3.63) is 22.7 Å². The third kappa shape index (κ3) is 6.27. The van der Waals surface area contributed by atoms with Gasteiger partial charge in [-0.25, -0.2) is 13.2 Å². The molecule has 8 nitrogen and oxygen atoms in total. The van der Waals surface area contributed by atoms with Crippen LogP contribution in [0.1, 0.15) is 37.0 Å². The molecule has 0 spiro atoms. The summed E-state index contributed by atoms with van der Waals surface area (Å²) in [6.07, 6.45) is 1.14. The first-order valence-electron chi connectivity index (χ1n) is 9.01.